The molecule has 10 nitrogen and oxygen atoms in total. The number of carbonyl (C=O) groups excluding carboxylic acids is 2. The Morgan fingerprint density at radius 3 is 2.02 bits per heavy atom. The van der Waals surface area contributed by atoms with E-state index in [9.17, 15) is 9.59 Å². The largest absolute Gasteiger partial charge is 0.453 e. The van der Waals surface area contributed by atoms with Crippen molar-refractivity contribution in [2.24, 2.45) is 23.7 Å². The van der Waals surface area contributed by atoms with Gasteiger partial charge in [-0.25, -0.2) is 14.8 Å². The van der Waals surface area contributed by atoms with Gasteiger partial charge in [-0.15, -0.1) is 0 Å². The van der Waals surface area contributed by atoms with E-state index in [0.717, 1.165) is 67.5 Å². The first-order valence-electron chi connectivity index (χ1n) is 18.3. The van der Waals surface area contributed by atoms with Crippen LogP contribution in [0.4, 0.5) is 4.79 Å². The van der Waals surface area contributed by atoms with Gasteiger partial charge < -0.3 is 29.7 Å². The van der Waals surface area contributed by atoms with Crippen molar-refractivity contribution in [1.82, 2.24) is 30.2 Å². The van der Waals surface area contributed by atoms with Crippen LogP contribution < -0.4 is 5.32 Å². The molecular weight excluding hydrogens is 640 g/mol. The molecule has 9 rings (SSSR count). The smallest absolute Gasteiger partial charge is 0.407 e. The molecular formula is C41H44N6O4. The molecule has 0 spiro atoms. The summed E-state index contributed by atoms with van der Waals surface area (Å²) in [6.07, 6.45) is 4.06. The maximum absolute atomic E-state index is 14.0. The fraction of sp³-hybridized carbons (Fsp3) is 0.415. The highest BCUT2D eigenvalue weighted by molar-refractivity contribution is 6.07. The van der Waals surface area contributed by atoms with Crippen LogP contribution in [0.2, 0.25) is 0 Å². The van der Waals surface area contributed by atoms with Crippen LogP contribution in [0.25, 0.3) is 54.7 Å². The summed E-state index contributed by atoms with van der Waals surface area (Å²) in [4.78, 5) is 45.4. The van der Waals surface area contributed by atoms with Crippen LogP contribution >= 0.6 is 0 Å². The number of hydrogen-bond acceptors (Lipinski definition) is 6. The number of aromatic nitrogens is 4. The number of fused-ring (bicyclic) bond motifs is 7. The van der Waals surface area contributed by atoms with Gasteiger partial charge in [0.05, 0.1) is 41.8 Å². The number of imidazole rings is 2. The number of H-pyrrole nitrogens is 2. The van der Waals surface area contributed by atoms with E-state index >= 15 is 0 Å². The fourth-order valence-corrected chi connectivity index (χ4v) is 8.95. The van der Waals surface area contributed by atoms with E-state index in [2.05, 4.69) is 75.9 Å². The standard InChI is InChI=1S/C41H44N6O4/c1-21(2)35(46-41(49)51-4)40(48)47-19-22(20-50-3)13-34(47)39-43-33-12-8-26-15-24(6-10-31(26)37(33)45-39)23-5-9-30-25(14-23)7-11-32-36(30)44-38(42-32)29-17-27-16-28(27)18-29/h5-12,14-15,21-22,27-29,34-35H,13,16-20H2,1-4H3,(H,42,44)(H,43,45)(H,46,49)/t22-,27-,28+,29?,34-,35-/m0/s1. The summed E-state index contributed by atoms with van der Waals surface area (Å²) in [6.45, 7) is 4.89. The normalized spacial score (nSPS) is 23.5. The van der Waals surface area contributed by atoms with Gasteiger partial charge in [-0.2, -0.15) is 0 Å². The molecule has 1 aliphatic heterocycles. The quantitative estimate of drug-likeness (QED) is 0.150. The number of aromatic amines is 2. The van der Waals surface area contributed by atoms with Crippen molar-refractivity contribution in [1.29, 1.82) is 0 Å². The molecule has 6 atom stereocenters. The molecule has 3 N–H and O–H groups in total. The molecule has 10 heteroatoms. The predicted molar refractivity (Wildman–Crippen MR) is 198 cm³/mol. The molecule has 0 radical (unpaired) electrons. The first kappa shape index (κ1) is 32.0. The third kappa shape index (κ3) is 5.60. The average molecular weight is 685 g/mol. The highest BCUT2D eigenvalue weighted by atomic mass is 16.5. The number of amides is 2. The number of carbonyl (C=O) groups is 2. The van der Waals surface area contributed by atoms with Crippen LogP contribution in [0.1, 0.15) is 63.1 Å². The highest BCUT2D eigenvalue weighted by Crippen LogP contribution is 2.57. The van der Waals surface area contributed by atoms with E-state index in [1.54, 1.807) is 7.11 Å². The molecule has 2 aliphatic carbocycles. The molecule has 1 saturated heterocycles. The van der Waals surface area contributed by atoms with Gasteiger partial charge in [-0.05, 0) is 89.6 Å². The Balaban J connectivity index is 1.02. The Morgan fingerprint density at radius 1 is 0.824 bits per heavy atom. The second kappa shape index (κ2) is 12.4. The Hall–Kier alpha value is -4.96. The minimum absolute atomic E-state index is 0.124. The fourth-order valence-electron chi connectivity index (χ4n) is 8.95. The maximum atomic E-state index is 14.0. The van der Waals surface area contributed by atoms with Crippen molar-refractivity contribution < 1.29 is 19.1 Å². The minimum atomic E-state index is -0.717. The van der Waals surface area contributed by atoms with Gasteiger partial charge >= 0.3 is 6.09 Å². The Bertz CT molecular complexity index is 2320. The molecule has 3 aliphatic rings. The Kier molecular flexibility index (Phi) is 7.76. The number of rotatable bonds is 8. The lowest BCUT2D eigenvalue weighted by molar-refractivity contribution is -0.135. The first-order chi connectivity index (χ1) is 24.8. The zero-order valence-electron chi connectivity index (χ0n) is 29.5. The summed E-state index contributed by atoms with van der Waals surface area (Å²) in [5, 5.41) is 7.25. The number of alkyl carbamates (subject to hydrolysis) is 1. The minimum Gasteiger partial charge on any atom is -0.453 e. The number of ether oxygens (including phenoxy) is 2. The zero-order valence-corrected chi connectivity index (χ0v) is 29.5. The lowest BCUT2D eigenvalue weighted by Gasteiger charge is -2.30. The summed E-state index contributed by atoms with van der Waals surface area (Å²) in [5.74, 6) is 4.20. The first-order valence-corrected chi connectivity index (χ1v) is 18.3. The maximum Gasteiger partial charge on any atom is 0.407 e. The van der Waals surface area contributed by atoms with Gasteiger partial charge in [0.15, 0.2) is 0 Å². The summed E-state index contributed by atoms with van der Waals surface area (Å²) < 4.78 is 10.3. The number of hydrogen-bond donors (Lipinski definition) is 3. The molecule has 3 fully saturated rings. The lowest BCUT2D eigenvalue weighted by atomic mass is 9.98. The molecule has 2 aromatic heterocycles. The molecule has 2 amide bonds. The summed E-state index contributed by atoms with van der Waals surface area (Å²) in [7, 11) is 2.99. The van der Waals surface area contributed by atoms with Crippen LogP contribution in [0.15, 0.2) is 60.7 Å². The van der Waals surface area contributed by atoms with Crippen LogP contribution in [-0.4, -0.2) is 70.2 Å². The van der Waals surface area contributed by atoms with Gasteiger partial charge in [-0.3, -0.25) is 4.79 Å². The SMILES string of the molecule is COC[C@H]1C[C@@H](c2nc3c(ccc4cc(-c5ccc6c(ccc7[nH]c(C8C[C@@H]9C[C@@H]9C8)nc76)c5)ccc43)[nH]2)N(C(=O)[C@@H](NC(=O)OC)C(C)C)C1. The van der Waals surface area contributed by atoms with Crippen molar-refractivity contribution in [2.45, 2.75) is 57.5 Å². The lowest BCUT2D eigenvalue weighted by Crippen LogP contribution is -2.51. The third-order valence-electron chi connectivity index (χ3n) is 11.7. The van der Waals surface area contributed by atoms with Crippen molar-refractivity contribution in [3.05, 3.63) is 72.3 Å². The summed E-state index contributed by atoms with van der Waals surface area (Å²) >= 11 is 0. The van der Waals surface area contributed by atoms with Gasteiger partial charge in [0.2, 0.25) is 5.91 Å². The summed E-state index contributed by atoms with van der Waals surface area (Å²) in [6, 6.07) is 20.8. The van der Waals surface area contributed by atoms with Gasteiger partial charge in [0.25, 0.3) is 0 Å². The Morgan fingerprint density at radius 2 is 1.43 bits per heavy atom. The van der Waals surface area contributed by atoms with E-state index in [4.69, 9.17) is 19.4 Å². The van der Waals surface area contributed by atoms with Crippen molar-refractivity contribution in [3.63, 3.8) is 0 Å². The van der Waals surface area contributed by atoms with Gasteiger partial charge in [-0.1, -0.05) is 50.2 Å². The number of nitrogens with zero attached hydrogens (tertiary/aromatic N) is 3. The molecule has 0 bridgehead atoms. The van der Waals surface area contributed by atoms with Crippen molar-refractivity contribution >= 4 is 55.6 Å². The molecule has 262 valence electrons. The third-order valence-corrected chi connectivity index (χ3v) is 11.7. The molecule has 51 heavy (non-hydrogen) atoms. The van der Waals surface area contributed by atoms with Crippen LogP contribution in [-0.2, 0) is 14.3 Å². The van der Waals surface area contributed by atoms with Crippen molar-refractivity contribution in [2.75, 3.05) is 27.4 Å². The van der Waals surface area contributed by atoms with E-state index in [-0.39, 0.29) is 23.8 Å². The molecule has 3 heterocycles. The van der Waals surface area contributed by atoms with Gasteiger partial charge in [0, 0.05) is 36.3 Å². The van der Waals surface area contributed by atoms with Crippen LogP contribution in [0.3, 0.4) is 0 Å². The average Bonchev–Trinajstić information content (AvgIpc) is 3.63. The Labute approximate surface area is 296 Å². The number of nitrogens with one attached hydrogen (secondary N) is 3. The molecule has 1 unspecified atom stereocenters. The monoisotopic (exact) mass is 684 g/mol. The van der Waals surface area contributed by atoms with Crippen LogP contribution in [0.5, 0.6) is 0 Å². The number of benzene rings is 4. The van der Waals surface area contributed by atoms with E-state index in [1.807, 2.05) is 18.7 Å². The molecule has 4 aromatic carbocycles. The molecule has 2 saturated carbocycles. The van der Waals surface area contributed by atoms with E-state index < -0.39 is 12.1 Å². The van der Waals surface area contributed by atoms with Crippen molar-refractivity contribution in [3.8, 4) is 11.1 Å². The number of likely N-dealkylation sites (tertiary alicyclic amines) is 1. The number of methoxy groups -OCH3 is 2. The summed E-state index contributed by atoms with van der Waals surface area (Å²) in [5.41, 5.74) is 6.28. The second-order valence-corrected chi connectivity index (χ2v) is 15.4. The molecule has 6 aromatic rings. The van der Waals surface area contributed by atoms with Gasteiger partial charge in [0.1, 0.15) is 17.7 Å². The van der Waals surface area contributed by atoms with E-state index in [1.165, 1.54) is 37.1 Å². The predicted octanol–water partition coefficient (Wildman–Crippen LogP) is 7.84. The second-order valence-electron chi connectivity index (χ2n) is 15.4. The van der Waals surface area contributed by atoms with E-state index in [0.29, 0.717) is 25.5 Å². The highest BCUT2D eigenvalue weighted by Gasteiger charge is 2.47. The van der Waals surface area contributed by atoms with Crippen LogP contribution in [0, 0.1) is 23.7 Å². The topological polar surface area (TPSA) is 125 Å². The zero-order chi connectivity index (χ0) is 35.0.